The summed E-state index contributed by atoms with van der Waals surface area (Å²) in [5.74, 6) is 0.763. The van der Waals surface area contributed by atoms with Gasteiger partial charge in [-0.1, -0.05) is 69.0 Å². The zero-order valence-corrected chi connectivity index (χ0v) is 17.2. The normalized spacial score (nSPS) is 13.8. The lowest BCUT2D eigenvalue weighted by Gasteiger charge is -2.30. The Labute approximate surface area is 166 Å². The van der Waals surface area contributed by atoms with Gasteiger partial charge in [0, 0.05) is 6.42 Å². The van der Waals surface area contributed by atoms with Gasteiger partial charge >= 0.3 is 5.97 Å². The smallest absolute Gasteiger partial charge is 0.401 e. The molecule has 0 heterocycles. The first-order chi connectivity index (χ1) is 13.1. The van der Waals surface area contributed by atoms with E-state index in [4.69, 9.17) is 5.73 Å². The number of hydrogen-bond donors (Lipinski definition) is 3. The van der Waals surface area contributed by atoms with E-state index in [9.17, 15) is 27.7 Å². The Morgan fingerprint density at radius 2 is 1.54 bits per heavy atom. The van der Waals surface area contributed by atoms with E-state index in [0.717, 1.165) is 25.7 Å². The van der Waals surface area contributed by atoms with Gasteiger partial charge in [0.25, 0.3) is 22.0 Å². The van der Waals surface area contributed by atoms with Crippen molar-refractivity contribution in [1.82, 2.24) is 5.01 Å². The van der Waals surface area contributed by atoms with Gasteiger partial charge in [0.2, 0.25) is 0 Å². The van der Waals surface area contributed by atoms with Crippen molar-refractivity contribution in [3.8, 4) is 0 Å². The first kappa shape index (κ1) is 26.7. The van der Waals surface area contributed by atoms with Crippen LogP contribution in [-0.4, -0.2) is 47.2 Å². The summed E-state index contributed by atoms with van der Waals surface area (Å²) in [5, 5.41) is 10.9. The van der Waals surface area contributed by atoms with Gasteiger partial charge in [0.15, 0.2) is 0 Å². The molecule has 0 fully saturated rings. The number of rotatable bonds is 16. The molecule has 11 nitrogen and oxygen atoms in total. The molecule has 0 saturated heterocycles. The Kier molecular flexibility index (Phi) is 13.2. The van der Waals surface area contributed by atoms with Gasteiger partial charge in [0.05, 0.1) is 6.54 Å². The fraction of sp³-hybridized carbons (Fsp3) is 0.875. The number of hydrogen-bond acceptors (Lipinski definition) is 9. The fourth-order valence-corrected chi connectivity index (χ4v) is 2.81. The Hall–Kier alpha value is -1.31. The van der Waals surface area contributed by atoms with Gasteiger partial charge in [-0.05, 0) is 6.42 Å². The lowest BCUT2D eigenvalue weighted by atomic mass is 10.0. The average molecular weight is 428 g/mol. The SMILES string of the molecule is CCCCCCCCCCCCC(O)(C(=O)OOS(=O)(=O)[O-])N([NH3+])C(=O)CN. The van der Waals surface area contributed by atoms with E-state index in [1.165, 1.54) is 25.7 Å². The second kappa shape index (κ2) is 13.8. The van der Waals surface area contributed by atoms with Crippen LogP contribution < -0.4 is 11.6 Å². The van der Waals surface area contributed by atoms with E-state index in [-0.39, 0.29) is 6.42 Å². The molecule has 0 saturated carbocycles. The monoisotopic (exact) mass is 427 g/mol. The van der Waals surface area contributed by atoms with Crippen molar-refractivity contribution in [2.45, 2.75) is 83.3 Å². The van der Waals surface area contributed by atoms with E-state index in [2.05, 4.69) is 22.0 Å². The third kappa shape index (κ3) is 10.9. The maximum atomic E-state index is 12.0. The fourth-order valence-electron chi connectivity index (χ4n) is 2.66. The van der Waals surface area contributed by atoms with Crippen LogP contribution in [0.5, 0.6) is 0 Å². The minimum Gasteiger partial charge on any atom is -0.723 e. The molecule has 0 aliphatic carbocycles. The van der Waals surface area contributed by atoms with E-state index >= 15 is 0 Å². The largest absolute Gasteiger partial charge is 0.723 e. The average Bonchev–Trinajstić information content (AvgIpc) is 2.65. The highest BCUT2D eigenvalue weighted by Gasteiger charge is 2.48. The molecule has 0 radical (unpaired) electrons. The molecule has 0 bridgehead atoms. The van der Waals surface area contributed by atoms with Crippen LogP contribution in [0.25, 0.3) is 0 Å². The van der Waals surface area contributed by atoms with Crippen LogP contribution in [0.3, 0.4) is 0 Å². The lowest BCUT2D eigenvalue weighted by Crippen LogP contribution is -2.80. The van der Waals surface area contributed by atoms with Crippen molar-refractivity contribution >= 4 is 22.3 Å². The number of unbranched alkanes of at least 4 members (excludes halogenated alkanes) is 9. The third-order valence-corrected chi connectivity index (χ3v) is 4.56. The molecule has 0 aromatic heterocycles. The highest BCUT2D eigenvalue weighted by Crippen LogP contribution is 2.21. The molecular weight excluding hydrogens is 394 g/mol. The highest BCUT2D eigenvalue weighted by atomic mass is 32.3. The van der Waals surface area contributed by atoms with E-state index in [1.807, 2.05) is 0 Å². The molecule has 12 heteroatoms. The van der Waals surface area contributed by atoms with Crippen molar-refractivity contribution in [3.63, 3.8) is 0 Å². The minimum atomic E-state index is -5.33. The van der Waals surface area contributed by atoms with Crippen LogP contribution >= 0.6 is 0 Å². The molecule has 0 spiro atoms. The molecule has 0 aliphatic rings. The molecule has 1 amide bonds. The maximum Gasteiger partial charge on any atom is 0.401 e. The zero-order valence-electron chi connectivity index (χ0n) is 16.4. The molecular formula is C16H33N3O8S. The van der Waals surface area contributed by atoms with Gasteiger partial charge in [0.1, 0.15) is 0 Å². The zero-order chi connectivity index (χ0) is 21.6. The number of quaternary nitrogens is 1. The molecule has 0 aliphatic heterocycles. The summed E-state index contributed by atoms with van der Waals surface area (Å²) < 4.78 is 34.7. The molecule has 1 unspecified atom stereocenters. The Bertz CT molecular complexity index is 572. The molecule has 1 atom stereocenters. The van der Waals surface area contributed by atoms with Crippen molar-refractivity contribution in [3.05, 3.63) is 0 Å². The third-order valence-electron chi connectivity index (χ3n) is 4.32. The number of amides is 1. The Balaban J connectivity index is 4.51. The molecule has 166 valence electrons. The predicted octanol–water partition coefficient (Wildman–Crippen LogP) is -0.135. The second-order valence-corrected chi connectivity index (χ2v) is 7.57. The summed E-state index contributed by atoms with van der Waals surface area (Å²) in [6.07, 6.45) is 9.73. The van der Waals surface area contributed by atoms with Crippen LogP contribution in [0.2, 0.25) is 0 Å². The van der Waals surface area contributed by atoms with E-state index in [0.29, 0.717) is 17.9 Å². The van der Waals surface area contributed by atoms with Crippen molar-refractivity contribution in [2.75, 3.05) is 6.54 Å². The molecule has 0 aromatic carbocycles. The Morgan fingerprint density at radius 3 is 1.96 bits per heavy atom. The summed E-state index contributed by atoms with van der Waals surface area (Å²) in [5.41, 5.74) is 2.60. The first-order valence-corrected chi connectivity index (χ1v) is 10.8. The van der Waals surface area contributed by atoms with Gasteiger partial charge < -0.3 is 15.4 Å². The van der Waals surface area contributed by atoms with Gasteiger partial charge in [-0.15, -0.1) is 5.01 Å². The van der Waals surface area contributed by atoms with Crippen LogP contribution in [-0.2, 0) is 29.2 Å². The summed E-state index contributed by atoms with van der Waals surface area (Å²) in [6, 6.07) is 0. The van der Waals surface area contributed by atoms with Crippen LogP contribution in [0.1, 0.15) is 77.6 Å². The summed E-state index contributed by atoms with van der Waals surface area (Å²) in [4.78, 5) is 27.6. The topological polar surface area (TPSA) is 187 Å². The quantitative estimate of drug-likeness (QED) is 0.0752. The van der Waals surface area contributed by atoms with Crippen LogP contribution in [0.4, 0.5) is 0 Å². The lowest BCUT2D eigenvalue weighted by molar-refractivity contribution is -0.589. The Morgan fingerprint density at radius 1 is 1.07 bits per heavy atom. The van der Waals surface area contributed by atoms with Crippen LogP contribution in [0, 0.1) is 0 Å². The summed E-state index contributed by atoms with van der Waals surface area (Å²) >= 11 is 0. The first-order valence-electron chi connectivity index (χ1n) is 9.51. The maximum absolute atomic E-state index is 12.0. The van der Waals surface area contributed by atoms with Gasteiger partial charge in [-0.2, -0.15) is 0 Å². The summed E-state index contributed by atoms with van der Waals surface area (Å²) in [6.45, 7) is 1.62. The molecule has 0 aromatic rings. The molecule has 0 rings (SSSR count). The van der Waals surface area contributed by atoms with Crippen molar-refractivity contribution < 1.29 is 42.7 Å². The predicted molar refractivity (Wildman–Crippen MR) is 97.1 cm³/mol. The number of aliphatic hydroxyl groups is 1. The number of carbonyl (C=O) groups is 2. The number of nitrogens with zero attached hydrogens (tertiary/aromatic N) is 1. The highest BCUT2D eigenvalue weighted by molar-refractivity contribution is 7.80. The number of nitrogens with two attached hydrogens (primary N) is 1. The van der Waals surface area contributed by atoms with Gasteiger partial charge in [-0.3, -0.25) is 9.68 Å². The minimum absolute atomic E-state index is 0.278. The molecule has 28 heavy (non-hydrogen) atoms. The molecule has 6 N–H and O–H groups in total. The number of carbonyl (C=O) groups excluding carboxylic acids is 2. The van der Waals surface area contributed by atoms with Crippen molar-refractivity contribution in [2.24, 2.45) is 5.73 Å². The van der Waals surface area contributed by atoms with Crippen LogP contribution in [0.15, 0.2) is 0 Å². The standard InChI is InChI=1S/C16H33N3O8S/c1-2-3-4-5-6-7-8-9-10-11-12-16(22,19(18)14(20)13-17)15(21)26-27-28(23,24)25/h22H,2-13,17-18H2,1H3,(H,23,24,25). The van der Waals surface area contributed by atoms with Gasteiger partial charge in [-0.25, -0.2) is 19.1 Å². The second-order valence-electron chi connectivity index (χ2n) is 6.62. The van der Waals surface area contributed by atoms with Crippen molar-refractivity contribution in [1.29, 1.82) is 0 Å². The van der Waals surface area contributed by atoms with E-state index in [1.54, 1.807) is 0 Å². The summed E-state index contributed by atoms with van der Waals surface area (Å²) in [7, 11) is -5.33. The van der Waals surface area contributed by atoms with E-state index < -0.39 is 34.5 Å².